The quantitative estimate of drug-likeness (QED) is 0.0821. The molecule has 0 radical (unpaired) electrons. The number of hydrogen-bond donors (Lipinski definition) is 8. The van der Waals surface area contributed by atoms with Gasteiger partial charge in [-0.25, -0.2) is 0 Å². The zero-order chi connectivity index (χ0) is 25.4. The fourth-order valence-electron chi connectivity index (χ4n) is 2.13. The van der Waals surface area contributed by atoms with Crippen molar-refractivity contribution >= 4 is 34.5 Å². The molecule has 1 aromatic carbocycles. The minimum Gasteiger partial charge on any atom is -0.422 e. The first-order chi connectivity index (χ1) is 14.1. The lowest BCUT2D eigenvalue weighted by atomic mass is 9.75. The summed E-state index contributed by atoms with van der Waals surface area (Å²) >= 11 is 0. The average Bonchev–Trinajstić information content (AvgIpc) is 2.60. The predicted molar refractivity (Wildman–Crippen MR) is 122 cm³/mol. The Morgan fingerprint density at radius 3 is 1.59 bits per heavy atom. The molecule has 0 heterocycles. The second-order valence-corrected chi connectivity index (χ2v) is 9.62. The lowest BCUT2D eigenvalue weighted by molar-refractivity contribution is -0.174. The summed E-state index contributed by atoms with van der Waals surface area (Å²) in [6.07, 6.45) is 0. The molecule has 1 aromatic rings. The molecule has 0 unspecified atom stereocenters. The number of carbonyl (C=O) groups excluding carboxylic acids is 2. The van der Waals surface area contributed by atoms with Crippen LogP contribution in [0.3, 0.4) is 0 Å². The van der Waals surface area contributed by atoms with Gasteiger partial charge in [0.25, 0.3) is 5.85 Å². The molecule has 182 valence electrons. The molecule has 0 aliphatic carbocycles. The van der Waals surface area contributed by atoms with Crippen molar-refractivity contribution in [3.8, 4) is 5.75 Å². The van der Waals surface area contributed by atoms with Crippen LogP contribution in [0.15, 0.2) is 0 Å². The van der Waals surface area contributed by atoms with E-state index in [-0.39, 0.29) is 28.5 Å². The van der Waals surface area contributed by atoms with Crippen molar-refractivity contribution in [2.75, 3.05) is 22.9 Å². The number of Topliss-reactive ketones (excluding diaryl/α,β-unsaturated/α-hetero) is 1. The summed E-state index contributed by atoms with van der Waals surface area (Å²) in [6.45, 7) is 11.5. The molecule has 0 aromatic heterocycles. The summed E-state index contributed by atoms with van der Waals surface area (Å²) in [5, 5.41) is 0. The van der Waals surface area contributed by atoms with E-state index in [9.17, 15) is 9.59 Å². The lowest BCUT2D eigenvalue weighted by Crippen LogP contribution is -2.63. The molecule has 0 spiro atoms. The van der Waals surface area contributed by atoms with Gasteiger partial charge in [0.1, 0.15) is 11.4 Å². The van der Waals surface area contributed by atoms with E-state index in [4.69, 9.17) is 54.5 Å². The van der Waals surface area contributed by atoms with Crippen molar-refractivity contribution < 1.29 is 24.0 Å². The molecule has 0 bridgehead atoms. The minimum atomic E-state index is -2.64. The topological polar surface area (TPSA) is 256 Å². The zero-order valence-electron chi connectivity index (χ0n) is 19.6. The third kappa shape index (κ3) is 5.49. The first kappa shape index (κ1) is 27.2. The Kier molecular flexibility index (Phi) is 7.30. The number of esters is 1. The van der Waals surface area contributed by atoms with Gasteiger partial charge in [-0.1, -0.05) is 0 Å². The molecule has 0 saturated heterocycles. The highest BCUT2D eigenvalue weighted by molar-refractivity contribution is 6.15. The number of nitrogens with two attached hydrogens (primary N) is 7. The van der Waals surface area contributed by atoms with Crippen molar-refractivity contribution in [1.29, 1.82) is 0 Å². The Balaban J connectivity index is 3.32. The molecule has 0 amide bonds. The van der Waals surface area contributed by atoms with Crippen LogP contribution >= 0.6 is 0 Å². The van der Waals surface area contributed by atoms with E-state index in [0.717, 1.165) is 0 Å². The van der Waals surface area contributed by atoms with Gasteiger partial charge in [0.05, 0.1) is 28.0 Å². The van der Waals surface area contributed by atoms with Crippen molar-refractivity contribution in [3.05, 3.63) is 5.56 Å². The van der Waals surface area contributed by atoms with E-state index in [1.807, 2.05) is 0 Å². The van der Waals surface area contributed by atoms with Crippen LogP contribution in [-0.2, 0) is 14.4 Å². The second kappa shape index (κ2) is 8.60. The van der Waals surface area contributed by atoms with Gasteiger partial charge in [-0.05, 0) is 54.1 Å². The van der Waals surface area contributed by atoms with Gasteiger partial charge in [0, 0.05) is 5.54 Å². The summed E-state index contributed by atoms with van der Waals surface area (Å²) in [5.74, 6) is -4.86. The zero-order valence-corrected chi connectivity index (χ0v) is 19.6. The van der Waals surface area contributed by atoms with E-state index >= 15 is 0 Å². The molecule has 13 nitrogen and oxygen atoms in total. The number of nitrogens with one attached hydrogen (secondary N) is 1. The van der Waals surface area contributed by atoms with Crippen LogP contribution in [0.4, 0.5) is 22.7 Å². The second-order valence-electron chi connectivity index (χ2n) is 9.62. The third-order valence-corrected chi connectivity index (χ3v) is 5.06. The lowest BCUT2D eigenvalue weighted by Gasteiger charge is -2.38. The van der Waals surface area contributed by atoms with Crippen LogP contribution < -0.4 is 50.6 Å². The monoisotopic (exact) mass is 456 g/mol. The number of benzene rings is 1. The van der Waals surface area contributed by atoms with E-state index < -0.39 is 39.7 Å². The highest BCUT2D eigenvalue weighted by Crippen LogP contribution is 2.43. The van der Waals surface area contributed by atoms with Crippen LogP contribution in [0.1, 0.15) is 58.8 Å². The SMILES string of the molecule is CC(C)(C)ONOc1c(N)c(N)c(C(=O)C(N)(N)OC(=O)C(C)(C)C(C)(C)N)c(N)c1N. The van der Waals surface area contributed by atoms with Gasteiger partial charge < -0.3 is 38.2 Å². The Morgan fingerprint density at radius 2 is 1.22 bits per heavy atom. The highest BCUT2D eigenvalue weighted by atomic mass is 16.9. The van der Waals surface area contributed by atoms with Gasteiger partial charge in [-0.15, -0.1) is 0 Å². The van der Waals surface area contributed by atoms with Crippen LogP contribution in [-0.4, -0.2) is 28.7 Å². The van der Waals surface area contributed by atoms with Crippen molar-refractivity contribution in [1.82, 2.24) is 5.64 Å². The van der Waals surface area contributed by atoms with Gasteiger partial charge in [0.15, 0.2) is 5.75 Å². The van der Waals surface area contributed by atoms with Crippen LogP contribution in [0, 0.1) is 5.41 Å². The summed E-state index contributed by atoms with van der Waals surface area (Å²) < 4.78 is 5.10. The molecule has 0 aliphatic rings. The number of nitrogen functional groups attached to an aromatic ring is 4. The molecule has 15 N–H and O–H groups in total. The Morgan fingerprint density at radius 1 is 0.781 bits per heavy atom. The fourth-order valence-corrected chi connectivity index (χ4v) is 2.13. The highest BCUT2D eigenvalue weighted by Gasteiger charge is 2.47. The van der Waals surface area contributed by atoms with Crippen molar-refractivity contribution in [2.24, 2.45) is 22.6 Å². The minimum absolute atomic E-state index is 0.177. The molecule has 0 atom stereocenters. The molecular weight excluding hydrogens is 420 g/mol. The van der Waals surface area contributed by atoms with Crippen LogP contribution in [0.5, 0.6) is 5.75 Å². The molecule has 1 rings (SSSR count). The maximum atomic E-state index is 13.1. The van der Waals surface area contributed by atoms with E-state index in [1.54, 1.807) is 34.6 Å². The Hall–Kier alpha value is -2.84. The van der Waals surface area contributed by atoms with E-state index in [1.165, 1.54) is 13.8 Å². The van der Waals surface area contributed by atoms with Crippen molar-refractivity contribution in [3.63, 3.8) is 0 Å². The first-order valence-corrected chi connectivity index (χ1v) is 9.65. The smallest absolute Gasteiger partial charge is 0.316 e. The van der Waals surface area contributed by atoms with E-state index in [2.05, 4.69) is 5.64 Å². The molecule has 0 aliphatic heterocycles. The fraction of sp³-hybridized carbons (Fsp3) is 0.579. The number of rotatable bonds is 8. The first-order valence-electron chi connectivity index (χ1n) is 9.65. The summed E-state index contributed by atoms with van der Waals surface area (Å²) in [5.41, 5.74) is 39.4. The molecule has 0 fully saturated rings. The average molecular weight is 457 g/mol. The summed E-state index contributed by atoms with van der Waals surface area (Å²) in [7, 11) is 0. The number of ether oxygens (including phenoxy) is 1. The van der Waals surface area contributed by atoms with E-state index in [0.29, 0.717) is 0 Å². The Bertz CT molecular complexity index is 871. The standard InChI is InChI=1S/C19H36N8O5/c1-16(2,3)32-27-31-13-11(22)9(20)8(10(21)12(13)23)14(28)19(25,26)30-15(29)17(4,5)18(6,7)24/h27H,20-26H2,1-7H3. The number of anilines is 4. The summed E-state index contributed by atoms with van der Waals surface area (Å²) in [4.78, 5) is 36.2. The molecule has 13 heteroatoms. The van der Waals surface area contributed by atoms with Gasteiger partial charge >= 0.3 is 5.97 Å². The maximum Gasteiger partial charge on any atom is 0.316 e. The number of carbonyl (C=O) groups is 2. The third-order valence-electron chi connectivity index (χ3n) is 5.06. The largest absolute Gasteiger partial charge is 0.422 e. The van der Waals surface area contributed by atoms with Crippen LogP contribution in [0.2, 0.25) is 0 Å². The van der Waals surface area contributed by atoms with Crippen LogP contribution in [0.25, 0.3) is 0 Å². The Labute approximate surface area is 187 Å². The maximum absolute atomic E-state index is 13.1. The predicted octanol–water partition coefficient (Wildman–Crippen LogP) is -0.310. The van der Waals surface area contributed by atoms with Gasteiger partial charge in [0.2, 0.25) is 5.78 Å². The number of hydrogen-bond acceptors (Lipinski definition) is 13. The van der Waals surface area contributed by atoms with Crippen molar-refractivity contribution in [2.45, 2.75) is 65.5 Å². The molecule has 0 saturated carbocycles. The normalized spacial score (nSPS) is 13.1. The molecular formula is C19H36N8O5. The van der Waals surface area contributed by atoms with Gasteiger partial charge in [-0.2, -0.15) is 0 Å². The van der Waals surface area contributed by atoms with Gasteiger partial charge in [-0.3, -0.25) is 25.9 Å². The summed E-state index contributed by atoms with van der Waals surface area (Å²) in [6, 6.07) is 0. The molecule has 32 heavy (non-hydrogen) atoms. The number of ketones is 1.